The Morgan fingerprint density at radius 1 is 1.16 bits per heavy atom. The highest BCUT2D eigenvalue weighted by molar-refractivity contribution is 5.79. The van der Waals surface area contributed by atoms with E-state index in [2.05, 4.69) is 6.07 Å². The SMILES string of the molecule is NCc1cc2ccccc2n(C2CCCCC2)c1=O. The van der Waals surface area contributed by atoms with Crippen molar-refractivity contribution >= 4 is 10.9 Å². The summed E-state index contributed by atoms with van der Waals surface area (Å²) in [7, 11) is 0. The van der Waals surface area contributed by atoms with Crippen LogP contribution in [0.3, 0.4) is 0 Å². The van der Waals surface area contributed by atoms with Gasteiger partial charge in [-0.05, 0) is 30.4 Å². The second kappa shape index (κ2) is 5.17. The Morgan fingerprint density at radius 2 is 1.89 bits per heavy atom. The molecule has 19 heavy (non-hydrogen) atoms. The van der Waals surface area contributed by atoms with Gasteiger partial charge in [-0.3, -0.25) is 4.79 Å². The molecule has 2 aromatic rings. The molecular formula is C16H20N2O. The molecule has 0 aliphatic heterocycles. The number of pyridine rings is 1. The summed E-state index contributed by atoms with van der Waals surface area (Å²) < 4.78 is 2.00. The molecule has 2 N–H and O–H groups in total. The van der Waals surface area contributed by atoms with E-state index in [1.165, 1.54) is 19.3 Å². The monoisotopic (exact) mass is 256 g/mol. The van der Waals surface area contributed by atoms with Crippen molar-refractivity contribution < 1.29 is 0 Å². The van der Waals surface area contributed by atoms with Crippen LogP contribution in [0.25, 0.3) is 10.9 Å². The summed E-state index contributed by atoms with van der Waals surface area (Å²) in [6.45, 7) is 0.316. The molecule has 1 aromatic carbocycles. The predicted molar refractivity (Wildman–Crippen MR) is 78.2 cm³/mol. The lowest BCUT2D eigenvalue weighted by atomic mass is 9.94. The lowest BCUT2D eigenvalue weighted by molar-refractivity contribution is 0.353. The van der Waals surface area contributed by atoms with Crippen LogP contribution in [0.5, 0.6) is 0 Å². The van der Waals surface area contributed by atoms with E-state index in [1.54, 1.807) is 0 Å². The first-order valence-electron chi connectivity index (χ1n) is 7.14. The average Bonchev–Trinajstić information content (AvgIpc) is 2.47. The van der Waals surface area contributed by atoms with Gasteiger partial charge in [-0.25, -0.2) is 0 Å². The summed E-state index contributed by atoms with van der Waals surface area (Å²) in [5.74, 6) is 0. The van der Waals surface area contributed by atoms with Crippen LogP contribution in [0.4, 0.5) is 0 Å². The summed E-state index contributed by atoms with van der Waals surface area (Å²) in [5.41, 5.74) is 7.61. The van der Waals surface area contributed by atoms with E-state index in [0.29, 0.717) is 12.6 Å². The molecule has 0 saturated heterocycles. The second-order valence-electron chi connectivity index (χ2n) is 5.40. The van der Waals surface area contributed by atoms with Crippen LogP contribution in [-0.4, -0.2) is 4.57 Å². The molecule has 3 rings (SSSR count). The van der Waals surface area contributed by atoms with Crippen molar-refractivity contribution in [2.75, 3.05) is 0 Å². The third-order valence-corrected chi connectivity index (χ3v) is 4.18. The highest BCUT2D eigenvalue weighted by Crippen LogP contribution is 2.29. The Balaban J connectivity index is 2.24. The largest absolute Gasteiger partial charge is 0.326 e. The zero-order valence-electron chi connectivity index (χ0n) is 11.1. The molecule has 1 fully saturated rings. The van der Waals surface area contributed by atoms with E-state index >= 15 is 0 Å². The van der Waals surface area contributed by atoms with Crippen LogP contribution < -0.4 is 11.3 Å². The van der Waals surface area contributed by atoms with Gasteiger partial charge in [-0.15, -0.1) is 0 Å². The van der Waals surface area contributed by atoms with Gasteiger partial charge in [0, 0.05) is 18.2 Å². The lowest BCUT2D eigenvalue weighted by Gasteiger charge is -2.26. The number of para-hydroxylation sites is 1. The first-order chi connectivity index (χ1) is 9.31. The summed E-state index contributed by atoms with van der Waals surface area (Å²) in [6, 6.07) is 10.4. The molecule has 1 aromatic heterocycles. The molecule has 0 bridgehead atoms. The standard InChI is InChI=1S/C16H20N2O/c17-11-13-10-12-6-4-5-9-15(12)18(16(13)19)14-7-2-1-3-8-14/h4-6,9-10,14H,1-3,7-8,11,17H2. The van der Waals surface area contributed by atoms with Gasteiger partial charge >= 0.3 is 0 Å². The fourth-order valence-electron chi connectivity index (χ4n) is 3.19. The van der Waals surface area contributed by atoms with E-state index in [1.807, 2.05) is 28.8 Å². The minimum Gasteiger partial charge on any atom is -0.326 e. The van der Waals surface area contributed by atoms with Gasteiger partial charge in [-0.2, -0.15) is 0 Å². The lowest BCUT2D eigenvalue weighted by Crippen LogP contribution is -2.30. The molecule has 0 spiro atoms. The first kappa shape index (κ1) is 12.4. The van der Waals surface area contributed by atoms with Crippen molar-refractivity contribution in [3.63, 3.8) is 0 Å². The highest BCUT2D eigenvalue weighted by Gasteiger charge is 2.19. The van der Waals surface area contributed by atoms with E-state index in [0.717, 1.165) is 29.3 Å². The number of fused-ring (bicyclic) bond motifs is 1. The van der Waals surface area contributed by atoms with Crippen molar-refractivity contribution in [2.45, 2.75) is 44.7 Å². The van der Waals surface area contributed by atoms with Crippen LogP contribution in [0.2, 0.25) is 0 Å². The van der Waals surface area contributed by atoms with E-state index in [-0.39, 0.29) is 5.56 Å². The smallest absolute Gasteiger partial charge is 0.255 e. The maximum atomic E-state index is 12.6. The van der Waals surface area contributed by atoms with Gasteiger partial charge in [-0.1, -0.05) is 37.5 Å². The van der Waals surface area contributed by atoms with Gasteiger partial charge in [0.05, 0.1) is 5.52 Å². The fraction of sp³-hybridized carbons (Fsp3) is 0.438. The van der Waals surface area contributed by atoms with E-state index < -0.39 is 0 Å². The molecule has 1 aliphatic carbocycles. The average molecular weight is 256 g/mol. The van der Waals surface area contributed by atoms with Gasteiger partial charge in [0.1, 0.15) is 0 Å². The zero-order chi connectivity index (χ0) is 13.2. The summed E-state index contributed by atoms with van der Waals surface area (Å²) in [5, 5.41) is 1.12. The Kier molecular flexibility index (Phi) is 3.38. The quantitative estimate of drug-likeness (QED) is 0.898. The number of rotatable bonds is 2. The molecule has 0 radical (unpaired) electrons. The summed E-state index contributed by atoms with van der Waals surface area (Å²) in [4.78, 5) is 12.6. The number of hydrogen-bond acceptors (Lipinski definition) is 2. The summed E-state index contributed by atoms with van der Waals surface area (Å²) >= 11 is 0. The Hall–Kier alpha value is -1.61. The van der Waals surface area contributed by atoms with Crippen molar-refractivity contribution in [3.05, 3.63) is 46.2 Å². The summed E-state index contributed by atoms with van der Waals surface area (Å²) in [6.07, 6.45) is 5.95. The van der Waals surface area contributed by atoms with Crippen LogP contribution >= 0.6 is 0 Å². The van der Waals surface area contributed by atoms with Gasteiger partial charge in [0.15, 0.2) is 0 Å². The van der Waals surface area contributed by atoms with Crippen LogP contribution in [0.1, 0.15) is 43.7 Å². The number of aromatic nitrogens is 1. The fourth-order valence-corrected chi connectivity index (χ4v) is 3.19. The van der Waals surface area contributed by atoms with Crippen LogP contribution in [0, 0.1) is 0 Å². The predicted octanol–water partition coefficient (Wildman–Crippen LogP) is 2.97. The van der Waals surface area contributed by atoms with Crippen molar-refractivity contribution in [2.24, 2.45) is 5.73 Å². The molecular weight excluding hydrogens is 236 g/mol. The molecule has 1 aliphatic rings. The molecule has 0 amide bonds. The minimum absolute atomic E-state index is 0.105. The van der Waals surface area contributed by atoms with Crippen molar-refractivity contribution in [1.82, 2.24) is 4.57 Å². The molecule has 100 valence electrons. The van der Waals surface area contributed by atoms with Gasteiger partial charge < -0.3 is 10.3 Å². The number of hydrogen-bond donors (Lipinski definition) is 1. The first-order valence-corrected chi connectivity index (χ1v) is 7.14. The number of nitrogens with two attached hydrogens (primary N) is 1. The minimum atomic E-state index is 0.105. The Morgan fingerprint density at radius 3 is 2.63 bits per heavy atom. The molecule has 1 heterocycles. The van der Waals surface area contributed by atoms with Gasteiger partial charge in [0.25, 0.3) is 5.56 Å². The normalized spacial score (nSPS) is 16.9. The van der Waals surface area contributed by atoms with E-state index in [4.69, 9.17) is 5.73 Å². The highest BCUT2D eigenvalue weighted by atomic mass is 16.1. The molecule has 1 saturated carbocycles. The van der Waals surface area contributed by atoms with Crippen LogP contribution in [0.15, 0.2) is 35.1 Å². The maximum absolute atomic E-state index is 12.6. The zero-order valence-corrected chi connectivity index (χ0v) is 11.1. The van der Waals surface area contributed by atoms with E-state index in [9.17, 15) is 4.79 Å². The molecule has 0 atom stereocenters. The van der Waals surface area contributed by atoms with Crippen LogP contribution in [-0.2, 0) is 6.54 Å². The number of nitrogens with zero attached hydrogens (tertiary/aromatic N) is 1. The molecule has 3 heteroatoms. The van der Waals surface area contributed by atoms with Crippen molar-refractivity contribution in [3.8, 4) is 0 Å². The Labute approximate surface area is 113 Å². The third-order valence-electron chi connectivity index (χ3n) is 4.18. The third kappa shape index (κ3) is 2.19. The van der Waals surface area contributed by atoms with Crippen molar-refractivity contribution in [1.29, 1.82) is 0 Å². The second-order valence-corrected chi connectivity index (χ2v) is 5.40. The number of benzene rings is 1. The molecule has 0 unspecified atom stereocenters. The maximum Gasteiger partial charge on any atom is 0.255 e. The molecule has 3 nitrogen and oxygen atoms in total. The van der Waals surface area contributed by atoms with Gasteiger partial charge in [0.2, 0.25) is 0 Å². The Bertz CT molecular complexity index is 639. The topological polar surface area (TPSA) is 48.0 Å².